The number of aromatic nitrogens is 2. The summed E-state index contributed by atoms with van der Waals surface area (Å²) in [6.45, 7) is 1.34. The maximum Gasteiger partial charge on any atom is 0.338 e. The van der Waals surface area contributed by atoms with Crippen LogP contribution in [0.25, 0.3) is 16.7 Å². The maximum atomic E-state index is 12.5. The number of nitro benzene ring substituents is 1. The molecule has 1 heterocycles. The Bertz CT molecular complexity index is 1410. The van der Waals surface area contributed by atoms with E-state index in [2.05, 4.69) is 42.2 Å². The number of non-ortho nitro benzene ring substituents is 1. The monoisotopic (exact) mass is 586 g/mol. The molecule has 172 valence electrons. The van der Waals surface area contributed by atoms with Gasteiger partial charge in [-0.25, -0.2) is 9.78 Å². The number of amides is 1. The van der Waals surface area contributed by atoms with E-state index in [1.165, 1.54) is 12.1 Å². The van der Waals surface area contributed by atoms with Crippen LogP contribution < -0.4 is 5.32 Å². The smallest absolute Gasteiger partial charge is 0.338 e. The lowest BCUT2D eigenvalue weighted by Gasteiger charge is -2.10. The van der Waals surface area contributed by atoms with E-state index in [0.717, 1.165) is 17.0 Å². The van der Waals surface area contributed by atoms with Crippen molar-refractivity contribution in [1.82, 2.24) is 9.55 Å². The Labute approximate surface area is 210 Å². The standard InChI is InChI=1S/C23H16Br2N4O5/c1-13-26-19-9-14(7-8-20(19)28(13)15-5-3-2-4-6-15)23(31)34-12-21(30)27-22-17(24)10-16(29(32)33)11-18(22)25/h2-11H,12H2,1H3,(H,27,30). The van der Waals surface area contributed by atoms with Gasteiger partial charge in [-0.1, -0.05) is 18.2 Å². The minimum atomic E-state index is -0.675. The predicted octanol–water partition coefficient (Wildman–Crippen LogP) is 5.56. The van der Waals surface area contributed by atoms with Gasteiger partial charge in [-0.05, 0) is 69.1 Å². The summed E-state index contributed by atoms with van der Waals surface area (Å²) < 4.78 is 7.75. The van der Waals surface area contributed by atoms with Crippen molar-refractivity contribution in [2.24, 2.45) is 0 Å². The number of para-hydroxylation sites is 1. The van der Waals surface area contributed by atoms with E-state index in [0.29, 0.717) is 14.5 Å². The van der Waals surface area contributed by atoms with E-state index in [9.17, 15) is 19.7 Å². The molecule has 0 aliphatic carbocycles. The molecule has 1 amide bonds. The highest BCUT2D eigenvalue weighted by Crippen LogP contribution is 2.35. The molecule has 0 atom stereocenters. The number of aryl methyl sites for hydroxylation is 1. The van der Waals surface area contributed by atoms with Crippen molar-refractivity contribution in [3.8, 4) is 5.69 Å². The van der Waals surface area contributed by atoms with Gasteiger partial charge < -0.3 is 10.1 Å². The maximum absolute atomic E-state index is 12.5. The molecule has 0 aliphatic heterocycles. The SMILES string of the molecule is Cc1nc2cc(C(=O)OCC(=O)Nc3c(Br)cc([N+](=O)[O-])cc3Br)ccc2n1-c1ccccc1. The Morgan fingerprint density at radius 3 is 2.41 bits per heavy atom. The van der Waals surface area contributed by atoms with Crippen molar-refractivity contribution in [3.05, 3.63) is 91.1 Å². The summed E-state index contributed by atoms with van der Waals surface area (Å²) in [5, 5.41) is 13.5. The molecule has 0 fully saturated rings. The lowest BCUT2D eigenvalue weighted by atomic mass is 10.2. The van der Waals surface area contributed by atoms with Crippen LogP contribution in [0.1, 0.15) is 16.2 Å². The molecule has 34 heavy (non-hydrogen) atoms. The van der Waals surface area contributed by atoms with Crippen LogP contribution in [0, 0.1) is 17.0 Å². The number of nitrogens with one attached hydrogen (secondary N) is 1. The normalized spacial score (nSPS) is 10.8. The minimum Gasteiger partial charge on any atom is -0.452 e. The quantitative estimate of drug-likeness (QED) is 0.179. The molecule has 4 aromatic rings. The average molecular weight is 588 g/mol. The van der Waals surface area contributed by atoms with Crippen molar-refractivity contribution in [3.63, 3.8) is 0 Å². The molecule has 4 rings (SSSR count). The summed E-state index contributed by atoms with van der Waals surface area (Å²) >= 11 is 6.39. The van der Waals surface area contributed by atoms with Crippen molar-refractivity contribution in [2.75, 3.05) is 11.9 Å². The van der Waals surface area contributed by atoms with Gasteiger partial charge in [0.05, 0.1) is 27.2 Å². The summed E-state index contributed by atoms with van der Waals surface area (Å²) in [5.74, 6) is -0.509. The van der Waals surface area contributed by atoms with Crippen LogP contribution in [0.2, 0.25) is 0 Å². The summed E-state index contributed by atoms with van der Waals surface area (Å²) in [6, 6.07) is 17.3. The van der Waals surface area contributed by atoms with Gasteiger partial charge in [-0.15, -0.1) is 0 Å². The number of rotatable bonds is 6. The van der Waals surface area contributed by atoms with Crippen LogP contribution in [-0.2, 0) is 9.53 Å². The zero-order chi connectivity index (χ0) is 24.4. The fraction of sp³-hybridized carbons (Fsp3) is 0.0870. The number of imidazole rings is 1. The first kappa shape index (κ1) is 23.6. The average Bonchev–Trinajstić information content (AvgIpc) is 3.14. The first-order chi connectivity index (χ1) is 16.2. The van der Waals surface area contributed by atoms with Gasteiger partial charge in [0.15, 0.2) is 6.61 Å². The van der Waals surface area contributed by atoms with Crippen molar-refractivity contribution in [2.45, 2.75) is 6.92 Å². The highest BCUT2D eigenvalue weighted by atomic mass is 79.9. The van der Waals surface area contributed by atoms with E-state index in [1.54, 1.807) is 18.2 Å². The van der Waals surface area contributed by atoms with E-state index < -0.39 is 23.4 Å². The Kier molecular flexibility index (Phi) is 6.75. The molecule has 1 N–H and O–H groups in total. The Hall–Kier alpha value is -3.57. The number of esters is 1. The van der Waals surface area contributed by atoms with Gasteiger partial charge in [-0.3, -0.25) is 19.5 Å². The highest BCUT2D eigenvalue weighted by molar-refractivity contribution is 9.11. The predicted molar refractivity (Wildman–Crippen MR) is 133 cm³/mol. The summed E-state index contributed by atoms with van der Waals surface area (Å²) in [7, 11) is 0. The molecule has 11 heteroatoms. The Morgan fingerprint density at radius 1 is 1.09 bits per heavy atom. The third-order valence-corrected chi connectivity index (χ3v) is 6.16. The van der Waals surface area contributed by atoms with Crippen molar-refractivity contribution < 1.29 is 19.2 Å². The fourth-order valence-electron chi connectivity index (χ4n) is 3.41. The molecular formula is C23H16Br2N4O5. The summed E-state index contributed by atoms with van der Waals surface area (Å²) in [5.41, 5.74) is 2.82. The topological polar surface area (TPSA) is 116 Å². The largest absolute Gasteiger partial charge is 0.452 e. The summed E-state index contributed by atoms with van der Waals surface area (Å²) in [6.07, 6.45) is 0. The van der Waals surface area contributed by atoms with Crippen molar-refractivity contribution >= 4 is 66.1 Å². The van der Waals surface area contributed by atoms with E-state index in [-0.39, 0.29) is 16.9 Å². The molecule has 0 bridgehead atoms. The number of carbonyl (C=O) groups excluding carboxylic acids is 2. The van der Waals surface area contributed by atoms with Crippen LogP contribution in [-0.4, -0.2) is 33.0 Å². The number of nitrogens with zero attached hydrogens (tertiary/aromatic N) is 3. The highest BCUT2D eigenvalue weighted by Gasteiger charge is 2.18. The van der Waals surface area contributed by atoms with Crippen LogP contribution in [0.15, 0.2) is 69.6 Å². The molecule has 0 radical (unpaired) electrons. The van der Waals surface area contributed by atoms with E-state index in [1.807, 2.05) is 41.8 Å². The van der Waals surface area contributed by atoms with Crippen LogP contribution >= 0.6 is 31.9 Å². The van der Waals surface area contributed by atoms with E-state index in [4.69, 9.17) is 4.74 Å². The molecule has 0 aliphatic rings. The molecular weight excluding hydrogens is 572 g/mol. The number of ether oxygens (including phenoxy) is 1. The van der Waals surface area contributed by atoms with Crippen LogP contribution in [0.5, 0.6) is 0 Å². The van der Waals surface area contributed by atoms with Gasteiger partial charge >= 0.3 is 5.97 Å². The molecule has 9 nitrogen and oxygen atoms in total. The minimum absolute atomic E-state index is 0.150. The number of carbonyl (C=O) groups is 2. The number of fused-ring (bicyclic) bond motifs is 1. The van der Waals surface area contributed by atoms with E-state index >= 15 is 0 Å². The van der Waals surface area contributed by atoms with Crippen LogP contribution in [0.3, 0.4) is 0 Å². The Balaban J connectivity index is 1.46. The number of hydrogen-bond acceptors (Lipinski definition) is 6. The third-order valence-electron chi connectivity index (χ3n) is 4.91. The number of nitro groups is 1. The lowest BCUT2D eigenvalue weighted by Crippen LogP contribution is -2.21. The van der Waals surface area contributed by atoms with Crippen molar-refractivity contribution in [1.29, 1.82) is 0 Å². The number of anilines is 1. The van der Waals surface area contributed by atoms with Gasteiger partial charge in [0, 0.05) is 26.8 Å². The first-order valence-electron chi connectivity index (χ1n) is 9.89. The first-order valence-corrected chi connectivity index (χ1v) is 11.5. The molecule has 0 spiro atoms. The summed E-state index contributed by atoms with van der Waals surface area (Å²) in [4.78, 5) is 39.8. The molecule has 3 aromatic carbocycles. The number of benzene rings is 3. The second-order valence-electron chi connectivity index (χ2n) is 7.20. The Morgan fingerprint density at radius 2 is 1.76 bits per heavy atom. The van der Waals surface area contributed by atoms with Gasteiger partial charge in [0.25, 0.3) is 11.6 Å². The second-order valence-corrected chi connectivity index (χ2v) is 8.91. The fourth-order valence-corrected chi connectivity index (χ4v) is 4.77. The molecule has 0 saturated carbocycles. The van der Waals surface area contributed by atoms with Gasteiger partial charge in [0.1, 0.15) is 5.82 Å². The zero-order valence-corrected chi connectivity index (χ0v) is 20.8. The van der Waals surface area contributed by atoms with Crippen LogP contribution in [0.4, 0.5) is 11.4 Å². The molecule has 1 aromatic heterocycles. The third kappa shape index (κ3) is 4.85. The number of hydrogen-bond donors (Lipinski definition) is 1. The number of halogens is 2. The lowest BCUT2D eigenvalue weighted by molar-refractivity contribution is -0.385. The van der Waals surface area contributed by atoms with Gasteiger partial charge in [-0.2, -0.15) is 0 Å². The molecule has 0 unspecified atom stereocenters. The zero-order valence-electron chi connectivity index (χ0n) is 17.6. The molecule has 0 saturated heterocycles. The second kappa shape index (κ2) is 9.74. The van der Waals surface area contributed by atoms with Gasteiger partial charge in [0.2, 0.25) is 0 Å².